The van der Waals surface area contributed by atoms with Crippen LogP contribution in [0.2, 0.25) is 5.02 Å². The number of amides is 2. The molecule has 0 unspecified atom stereocenters. The number of benzene rings is 1. The van der Waals surface area contributed by atoms with Crippen molar-refractivity contribution in [2.45, 2.75) is 19.8 Å². The van der Waals surface area contributed by atoms with E-state index in [0.717, 1.165) is 5.76 Å². The molecule has 0 saturated carbocycles. The molecule has 2 amide bonds. The van der Waals surface area contributed by atoms with Gasteiger partial charge in [0.1, 0.15) is 5.76 Å². The third-order valence-electron chi connectivity index (χ3n) is 2.44. The number of rotatable bonds is 3. The van der Waals surface area contributed by atoms with Crippen molar-refractivity contribution in [2.24, 2.45) is 0 Å². The molecule has 1 aromatic carbocycles. The van der Waals surface area contributed by atoms with Gasteiger partial charge in [-0.05, 0) is 24.3 Å². The number of carbonyl (C=O) groups excluding carboxylic acids is 1. The Hall–Kier alpha value is -2.01. The molecule has 2 aromatic rings. The van der Waals surface area contributed by atoms with Gasteiger partial charge in [-0.1, -0.05) is 30.6 Å². The molecular formula is C13H14ClN3O2. The molecule has 0 bridgehead atoms. The van der Waals surface area contributed by atoms with E-state index in [1.165, 1.54) is 0 Å². The van der Waals surface area contributed by atoms with Crippen molar-refractivity contribution in [3.8, 4) is 0 Å². The molecule has 0 fully saturated rings. The monoisotopic (exact) mass is 279 g/mol. The van der Waals surface area contributed by atoms with Crippen molar-refractivity contribution >= 4 is 29.1 Å². The highest BCUT2D eigenvalue weighted by Crippen LogP contribution is 2.18. The van der Waals surface area contributed by atoms with E-state index in [9.17, 15) is 4.79 Å². The van der Waals surface area contributed by atoms with Crippen LogP contribution >= 0.6 is 11.6 Å². The van der Waals surface area contributed by atoms with Crippen LogP contribution in [-0.2, 0) is 0 Å². The predicted molar refractivity (Wildman–Crippen MR) is 74.7 cm³/mol. The van der Waals surface area contributed by atoms with Crippen molar-refractivity contribution < 1.29 is 9.32 Å². The zero-order chi connectivity index (χ0) is 13.8. The lowest BCUT2D eigenvalue weighted by molar-refractivity contribution is 0.262. The summed E-state index contributed by atoms with van der Waals surface area (Å²) >= 11 is 5.76. The molecule has 1 aromatic heterocycles. The standard InChI is InChI=1S/C13H14ClN3O2/c1-8(2)11-7-12(17-19-11)16-13(18)15-10-5-3-9(14)4-6-10/h3-8H,1-2H3,(H2,15,16,17,18). The molecule has 0 radical (unpaired) electrons. The average Bonchev–Trinajstić information content (AvgIpc) is 2.80. The van der Waals surface area contributed by atoms with Gasteiger partial charge in [-0.2, -0.15) is 0 Å². The Morgan fingerprint density at radius 2 is 1.95 bits per heavy atom. The third-order valence-corrected chi connectivity index (χ3v) is 2.69. The molecule has 6 heteroatoms. The maximum Gasteiger partial charge on any atom is 0.324 e. The summed E-state index contributed by atoms with van der Waals surface area (Å²) in [6.07, 6.45) is 0. The van der Waals surface area contributed by atoms with Gasteiger partial charge in [0, 0.05) is 22.7 Å². The minimum absolute atomic E-state index is 0.224. The number of nitrogens with one attached hydrogen (secondary N) is 2. The van der Waals surface area contributed by atoms with Crippen molar-refractivity contribution in [3.63, 3.8) is 0 Å². The first-order valence-corrected chi connectivity index (χ1v) is 6.22. The number of hydrogen-bond donors (Lipinski definition) is 2. The summed E-state index contributed by atoms with van der Waals surface area (Å²) < 4.78 is 5.08. The Morgan fingerprint density at radius 3 is 2.53 bits per heavy atom. The summed E-state index contributed by atoms with van der Waals surface area (Å²) in [7, 11) is 0. The van der Waals surface area contributed by atoms with Crippen LogP contribution in [0.4, 0.5) is 16.3 Å². The van der Waals surface area contributed by atoms with E-state index >= 15 is 0 Å². The fourth-order valence-corrected chi connectivity index (χ4v) is 1.56. The van der Waals surface area contributed by atoms with Gasteiger partial charge in [0.05, 0.1) is 0 Å². The van der Waals surface area contributed by atoms with E-state index in [-0.39, 0.29) is 11.9 Å². The lowest BCUT2D eigenvalue weighted by atomic mass is 10.2. The van der Waals surface area contributed by atoms with Crippen LogP contribution < -0.4 is 10.6 Å². The fraction of sp³-hybridized carbons (Fsp3) is 0.231. The normalized spacial score (nSPS) is 10.5. The largest absolute Gasteiger partial charge is 0.359 e. The van der Waals surface area contributed by atoms with Gasteiger partial charge in [0.2, 0.25) is 0 Å². The molecule has 0 aliphatic heterocycles. The molecule has 5 nitrogen and oxygen atoms in total. The van der Waals surface area contributed by atoms with Crippen LogP contribution in [0.15, 0.2) is 34.9 Å². The zero-order valence-corrected chi connectivity index (χ0v) is 11.4. The fourth-order valence-electron chi connectivity index (χ4n) is 1.43. The van der Waals surface area contributed by atoms with Crippen LogP contribution in [0, 0.1) is 0 Å². The number of carbonyl (C=O) groups is 1. The molecule has 19 heavy (non-hydrogen) atoms. The summed E-state index contributed by atoms with van der Waals surface area (Å²) in [6.45, 7) is 3.97. The Labute approximate surface area is 115 Å². The number of hydrogen-bond acceptors (Lipinski definition) is 3. The Balaban J connectivity index is 1.95. The van der Waals surface area contributed by atoms with E-state index in [1.54, 1.807) is 30.3 Å². The highest BCUT2D eigenvalue weighted by atomic mass is 35.5. The van der Waals surface area contributed by atoms with Crippen LogP contribution in [0.3, 0.4) is 0 Å². The molecule has 0 spiro atoms. The van der Waals surface area contributed by atoms with Crippen molar-refractivity contribution in [1.29, 1.82) is 0 Å². The second-order valence-corrected chi connectivity index (χ2v) is 4.79. The van der Waals surface area contributed by atoms with E-state index in [0.29, 0.717) is 16.5 Å². The number of aromatic nitrogens is 1. The van der Waals surface area contributed by atoms with Gasteiger partial charge in [0.25, 0.3) is 0 Å². The first-order valence-electron chi connectivity index (χ1n) is 5.85. The molecule has 2 N–H and O–H groups in total. The quantitative estimate of drug-likeness (QED) is 0.889. The lowest BCUT2D eigenvalue weighted by Gasteiger charge is -2.04. The van der Waals surface area contributed by atoms with Gasteiger partial charge in [-0.15, -0.1) is 0 Å². The first kappa shape index (κ1) is 13.4. The first-order chi connectivity index (χ1) is 9.04. The number of nitrogens with zero attached hydrogens (tertiary/aromatic N) is 1. The number of urea groups is 1. The third kappa shape index (κ3) is 3.72. The van der Waals surface area contributed by atoms with Crippen molar-refractivity contribution in [2.75, 3.05) is 10.6 Å². The number of halogens is 1. The van der Waals surface area contributed by atoms with E-state index in [4.69, 9.17) is 16.1 Å². The van der Waals surface area contributed by atoms with Gasteiger partial charge in [-0.3, -0.25) is 5.32 Å². The second kappa shape index (κ2) is 5.75. The summed E-state index contributed by atoms with van der Waals surface area (Å²) in [6, 6.07) is 8.14. The Bertz CT molecular complexity index is 564. The van der Waals surface area contributed by atoms with Crippen LogP contribution in [0.25, 0.3) is 0 Å². The Morgan fingerprint density at radius 1 is 1.26 bits per heavy atom. The average molecular weight is 280 g/mol. The molecular weight excluding hydrogens is 266 g/mol. The van der Waals surface area contributed by atoms with Crippen molar-refractivity contribution in [1.82, 2.24) is 5.16 Å². The minimum Gasteiger partial charge on any atom is -0.359 e. The van der Waals surface area contributed by atoms with Gasteiger partial charge in [0.15, 0.2) is 5.82 Å². The summed E-state index contributed by atoms with van der Waals surface area (Å²) in [5.41, 5.74) is 0.648. The van der Waals surface area contributed by atoms with Gasteiger partial charge in [-0.25, -0.2) is 4.79 Å². The summed E-state index contributed by atoms with van der Waals surface area (Å²) in [4.78, 5) is 11.7. The number of anilines is 2. The second-order valence-electron chi connectivity index (χ2n) is 4.36. The smallest absolute Gasteiger partial charge is 0.324 e. The topological polar surface area (TPSA) is 67.2 Å². The highest BCUT2D eigenvalue weighted by molar-refractivity contribution is 6.30. The molecule has 2 rings (SSSR count). The SMILES string of the molecule is CC(C)c1cc(NC(=O)Nc2ccc(Cl)cc2)no1. The molecule has 0 aliphatic rings. The highest BCUT2D eigenvalue weighted by Gasteiger charge is 2.10. The van der Waals surface area contributed by atoms with Crippen LogP contribution in [-0.4, -0.2) is 11.2 Å². The Kier molecular flexibility index (Phi) is 4.06. The maximum atomic E-state index is 11.7. The van der Waals surface area contributed by atoms with Gasteiger partial charge < -0.3 is 9.84 Å². The summed E-state index contributed by atoms with van der Waals surface area (Å²) in [5, 5.41) is 9.64. The molecule has 100 valence electrons. The molecule has 0 saturated heterocycles. The molecule has 0 aliphatic carbocycles. The summed E-state index contributed by atoms with van der Waals surface area (Å²) in [5.74, 6) is 1.33. The van der Waals surface area contributed by atoms with E-state index in [1.807, 2.05) is 13.8 Å². The minimum atomic E-state index is -0.383. The van der Waals surface area contributed by atoms with Crippen LogP contribution in [0.5, 0.6) is 0 Å². The van der Waals surface area contributed by atoms with Crippen LogP contribution in [0.1, 0.15) is 25.5 Å². The lowest BCUT2D eigenvalue weighted by Crippen LogP contribution is -2.19. The van der Waals surface area contributed by atoms with E-state index < -0.39 is 0 Å². The van der Waals surface area contributed by atoms with Crippen molar-refractivity contribution in [3.05, 3.63) is 41.1 Å². The molecule has 1 heterocycles. The molecule has 0 atom stereocenters. The maximum absolute atomic E-state index is 11.7. The van der Waals surface area contributed by atoms with E-state index in [2.05, 4.69) is 15.8 Å². The van der Waals surface area contributed by atoms with Gasteiger partial charge >= 0.3 is 6.03 Å². The zero-order valence-electron chi connectivity index (χ0n) is 10.6. The predicted octanol–water partition coefficient (Wildman–Crippen LogP) is 4.10.